The van der Waals surface area contributed by atoms with Gasteiger partial charge in [0.25, 0.3) is 0 Å². The summed E-state index contributed by atoms with van der Waals surface area (Å²) in [6.07, 6.45) is 5.20. The molecule has 0 radical (unpaired) electrons. The Morgan fingerprint density at radius 2 is 1.67 bits per heavy atom. The molecule has 0 N–H and O–H groups in total. The third-order valence-corrected chi connectivity index (χ3v) is 4.48. The summed E-state index contributed by atoms with van der Waals surface area (Å²) in [6, 6.07) is 12.0. The van der Waals surface area contributed by atoms with Gasteiger partial charge in [0.05, 0.1) is 6.10 Å². The molecular weight excluding hydrogens is 260 g/mol. The molecule has 2 aromatic carbocycles. The zero-order valence-electron chi connectivity index (χ0n) is 12.8. The summed E-state index contributed by atoms with van der Waals surface area (Å²) < 4.78 is 6.12. The van der Waals surface area contributed by atoms with Crippen LogP contribution in [0.5, 0.6) is 5.75 Å². The van der Waals surface area contributed by atoms with Crippen molar-refractivity contribution in [2.24, 2.45) is 5.92 Å². The molecule has 0 aromatic heterocycles. The molecule has 0 saturated heterocycles. The van der Waals surface area contributed by atoms with Gasteiger partial charge in [-0.1, -0.05) is 25.1 Å². The molecule has 1 aliphatic carbocycles. The second-order valence-corrected chi connectivity index (χ2v) is 6.28. The number of Topliss-reactive ketones (excluding diaryl/α,β-unsaturated/α-hetero) is 1. The number of rotatable bonds is 3. The van der Waals surface area contributed by atoms with E-state index in [1.54, 1.807) is 6.92 Å². The van der Waals surface area contributed by atoms with Crippen molar-refractivity contribution in [1.82, 2.24) is 0 Å². The van der Waals surface area contributed by atoms with Gasteiger partial charge in [-0.2, -0.15) is 0 Å². The van der Waals surface area contributed by atoms with Gasteiger partial charge in [0, 0.05) is 5.56 Å². The lowest BCUT2D eigenvalue weighted by Gasteiger charge is -2.27. The van der Waals surface area contributed by atoms with Crippen LogP contribution in [0.15, 0.2) is 36.4 Å². The van der Waals surface area contributed by atoms with Crippen molar-refractivity contribution in [3.05, 3.63) is 42.0 Å². The van der Waals surface area contributed by atoms with Gasteiger partial charge in [0.2, 0.25) is 0 Å². The van der Waals surface area contributed by atoms with Crippen LogP contribution in [0.1, 0.15) is 49.9 Å². The number of hydrogen-bond acceptors (Lipinski definition) is 2. The number of carbonyl (C=O) groups excluding carboxylic acids is 1. The van der Waals surface area contributed by atoms with Crippen LogP contribution in [0, 0.1) is 5.92 Å². The number of benzene rings is 2. The molecule has 2 nitrogen and oxygen atoms in total. The largest absolute Gasteiger partial charge is 0.490 e. The summed E-state index contributed by atoms with van der Waals surface area (Å²) in [5, 5.41) is 2.22. The standard InChI is InChI=1S/C19H22O2/c1-13-3-8-18(9-4-13)21-19-10-7-16-11-15(14(2)20)5-6-17(16)12-19/h5-7,10-13,18H,3-4,8-9H2,1-2H3. The van der Waals surface area contributed by atoms with Gasteiger partial charge in [-0.25, -0.2) is 0 Å². The van der Waals surface area contributed by atoms with Gasteiger partial charge in [-0.3, -0.25) is 4.79 Å². The van der Waals surface area contributed by atoms with E-state index in [9.17, 15) is 4.79 Å². The molecule has 0 unspecified atom stereocenters. The lowest BCUT2D eigenvalue weighted by Crippen LogP contribution is -2.22. The van der Waals surface area contributed by atoms with E-state index in [0.717, 1.165) is 40.8 Å². The molecule has 2 heteroatoms. The molecular formula is C19H22O2. The summed E-state index contributed by atoms with van der Waals surface area (Å²) in [7, 11) is 0. The lowest BCUT2D eigenvalue weighted by atomic mass is 9.89. The summed E-state index contributed by atoms with van der Waals surface area (Å²) >= 11 is 0. The summed E-state index contributed by atoms with van der Waals surface area (Å²) in [6.45, 7) is 3.92. The van der Waals surface area contributed by atoms with E-state index >= 15 is 0 Å². The molecule has 2 aromatic rings. The minimum atomic E-state index is 0.105. The highest BCUT2D eigenvalue weighted by Crippen LogP contribution is 2.29. The van der Waals surface area contributed by atoms with Crippen molar-refractivity contribution in [3.63, 3.8) is 0 Å². The van der Waals surface area contributed by atoms with Gasteiger partial charge in [0.1, 0.15) is 5.75 Å². The molecule has 0 amide bonds. The Bertz CT molecular complexity index is 652. The van der Waals surface area contributed by atoms with Crippen LogP contribution in [-0.4, -0.2) is 11.9 Å². The normalized spacial score (nSPS) is 22.2. The summed E-state index contributed by atoms with van der Waals surface area (Å²) in [5.41, 5.74) is 0.762. The van der Waals surface area contributed by atoms with Crippen molar-refractivity contribution in [2.45, 2.75) is 45.6 Å². The highest BCUT2D eigenvalue weighted by atomic mass is 16.5. The first-order valence-electron chi connectivity index (χ1n) is 7.83. The third-order valence-electron chi connectivity index (χ3n) is 4.48. The second kappa shape index (κ2) is 5.88. The van der Waals surface area contributed by atoms with Crippen molar-refractivity contribution in [1.29, 1.82) is 0 Å². The van der Waals surface area contributed by atoms with Gasteiger partial charge < -0.3 is 4.74 Å². The molecule has 1 aliphatic rings. The first-order valence-corrected chi connectivity index (χ1v) is 7.83. The van der Waals surface area contributed by atoms with Crippen LogP contribution < -0.4 is 4.74 Å². The maximum Gasteiger partial charge on any atom is 0.159 e. The van der Waals surface area contributed by atoms with E-state index in [0.29, 0.717) is 6.10 Å². The first kappa shape index (κ1) is 14.1. The highest BCUT2D eigenvalue weighted by Gasteiger charge is 2.19. The molecule has 0 atom stereocenters. The van der Waals surface area contributed by atoms with Gasteiger partial charge in [-0.05, 0) is 67.5 Å². The Balaban J connectivity index is 1.78. The quantitative estimate of drug-likeness (QED) is 0.740. The number of hydrogen-bond donors (Lipinski definition) is 0. The Kier molecular flexibility index (Phi) is 3.96. The molecule has 1 saturated carbocycles. The molecule has 0 aliphatic heterocycles. The SMILES string of the molecule is CC(=O)c1ccc2cc(OC3CCC(C)CC3)ccc2c1. The maximum absolute atomic E-state index is 11.4. The Morgan fingerprint density at radius 1 is 1.00 bits per heavy atom. The monoisotopic (exact) mass is 282 g/mol. The van der Waals surface area contributed by atoms with Gasteiger partial charge >= 0.3 is 0 Å². The highest BCUT2D eigenvalue weighted by molar-refractivity contribution is 5.98. The zero-order valence-corrected chi connectivity index (χ0v) is 12.8. The minimum Gasteiger partial charge on any atom is -0.490 e. The summed E-state index contributed by atoms with van der Waals surface area (Å²) in [4.78, 5) is 11.4. The van der Waals surface area contributed by atoms with E-state index in [2.05, 4.69) is 13.0 Å². The van der Waals surface area contributed by atoms with Gasteiger partial charge in [-0.15, -0.1) is 0 Å². The molecule has 1 fully saturated rings. The average Bonchev–Trinajstić information content (AvgIpc) is 2.49. The average molecular weight is 282 g/mol. The van der Waals surface area contributed by atoms with Crippen LogP contribution in [0.3, 0.4) is 0 Å². The summed E-state index contributed by atoms with van der Waals surface area (Å²) in [5.74, 6) is 1.89. The van der Waals surface area contributed by atoms with E-state index in [1.807, 2.05) is 30.3 Å². The molecule has 110 valence electrons. The van der Waals surface area contributed by atoms with E-state index in [4.69, 9.17) is 4.74 Å². The predicted octanol–water partition coefficient (Wildman–Crippen LogP) is 5.00. The number of fused-ring (bicyclic) bond motifs is 1. The second-order valence-electron chi connectivity index (χ2n) is 6.28. The zero-order chi connectivity index (χ0) is 14.8. The van der Waals surface area contributed by atoms with Crippen molar-refractivity contribution < 1.29 is 9.53 Å². The van der Waals surface area contributed by atoms with Crippen molar-refractivity contribution in [2.75, 3.05) is 0 Å². The van der Waals surface area contributed by atoms with Crippen molar-refractivity contribution in [3.8, 4) is 5.75 Å². The minimum absolute atomic E-state index is 0.105. The number of carbonyl (C=O) groups is 1. The van der Waals surface area contributed by atoms with E-state index in [-0.39, 0.29) is 5.78 Å². The lowest BCUT2D eigenvalue weighted by molar-refractivity contribution is 0.101. The Labute approximate surface area is 126 Å². The molecule has 0 bridgehead atoms. The Hall–Kier alpha value is -1.83. The maximum atomic E-state index is 11.4. The smallest absolute Gasteiger partial charge is 0.159 e. The van der Waals surface area contributed by atoms with Gasteiger partial charge in [0.15, 0.2) is 5.78 Å². The van der Waals surface area contributed by atoms with E-state index < -0.39 is 0 Å². The predicted molar refractivity (Wildman–Crippen MR) is 86.0 cm³/mol. The van der Waals surface area contributed by atoms with Crippen molar-refractivity contribution >= 4 is 16.6 Å². The fourth-order valence-electron chi connectivity index (χ4n) is 3.06. The van der Waals surface area contributed by atoms with Crippen LogP contribution in [0.4, 0.5) is 0 Å². The fraction of sp³-hybridized carbons (Fsp3) is 0.421. The molecule has 0 spiro atoms. The number of ether oxygens (including phenoxy) is 1. The van der Waals surface area contributed by atoms with E-state index in [1.165, 1.54) is 12.8 Å². The van der Waals surface area contributed by atoms with Crippen LogP contribution in [0.25, 0.3) is 10.8 Å². The van der Waals surface area contributed by atoms with Crippen LogP contribution in [0.2, 0.25) is 0 Å². The molecule has 0 heterocycles. The van der Waals surface area contributed by atoms with Crippen LogP contribution in [-0.2, 0) is 0 Å². The fourth-order valence-corrected chi connectivity index (χ4v) is 3.06. The first-order chi connectivity index (χ1) is 10.1. The molecule has 3 rings (SSSR count). The number of ketones is 1. The Morgan fingerprint density at radius 3 is 2.38 bits per heavy atom. The molecule has 21 heavy (non-hydrogen) atoms. The topological polar surface area (TPSA) is 26.3 Å². The third kappa shape index (κ3) is 3.26. The van der Waals surface area contributed by atoms with Crippen LogP contribution >= 0.6 is 0 Å².